The Kier molecular flexibility index (Phi) is 6.23. The van der Waals surface area contributed by atoms with Gasteiger partial charge in [0.2, 0.25) is 10.0 Å². The van der Waals surface area contributed by atoms with Crippen LogP contribution in [-0.4, -0.2) is 32.3 Å². The Labute approximate surface area is 194 Å². The molecule has 7 nitrogen and oxygen atoms in total. The average Bonchev–Trinajstić information content (AvgIpc) is 3.21. The van der Waals surface area contributed by atoms with Crippen LogP contribution in [0.1, 0.15) is 11.1 Å². The van der Waals surface area contributed by atoms with Crippen LogP contribution in [0.15, 0.2) is 89.0 Å². The first-order chi connectivity index (χ1) is 16.0. The standard InChI is InChI=1S/C22H18F3N3O4S2/c23-22(24,25)18-7-4-8-19-21(18)20(15-28(19)34(31,32)17-5-2-1-3-6-17)33(29,30)27-14-11-16-9-12-26-13-10-16/h1-10,12-13,15,27H,11,14H2. The number of alkyl halides is 3. The number of fused-ring (bicyclic) bond motifs is 1. The topological polar surface area (TPSA) is 98.1 Å². The predicted molar refractivity (Wildman–Crippen MR) is 119 cm³/mol. The molecule has 2 heterocycles. The molecular formula is C22H18F3N3O4S2. The molecule has 0 saturated heterocycles. The molecule has 0 atom stereocenters. The Hall–Kier alpha value is -3.22. The van der Waals surface area contributed by atoms with E-state index in [0.717, 1.165) is 30.0 Å². The number of nitrogens with zero attached hydrogens (tertiary/aromatic N) is 2. The van der Waals surface area contributed by atoms with E-state index in [1.54, 1.807) is 18.2 Å². The summed E-state index contributed by atoms with van der Waals surface area (Å²) in [7, 11) is -8.89. The summed E-state index contributed by atoms with van der Waals surface area (Å²) < 4.78 is 96.9. The predicted octanol–water partition coefficient (Wildman–Crippen LogP) is 3.81. The van der Waals surface area contributed by atoms with Crippen molar-refractivity contribution >= 4 is 30.9 Å². The van der Waals surface area contributed by atoms with Gasteiger partial charge in [0.05, 0.1) is 16.0 Å². The molecule has 0 spiro atoms. The number of sulfonamides is 1. The number of nitrogens with one attached hydrogen (secondary N) is 1. The van der Waals surface area contributed by atoms with E-state index in [1.807, 2.05) is 0 Å². The molecule has 0 aliphatic carbocycles. The third-order valence-electron chi connectivity index (χ3n) is 5.11. The van der Waals surface area contributed by atoms with Crippen molar-refractivity contribution < 1.29 is 30.0 Å². The Bertz CT molecular complexity index is 1540. The molecular weight excluding hydrogens is 491 g/mol. The number of benzene rings is 2. The maximum atomic E-state index is 13.8. The van der Waals surface area contributed by atoms with Crippen LogP contribution >= 0.6 is 0 Å². The number of pyridine rings is 1. The van der Waals surface area contributed by atoms with Gasteiger partial charge in [0, 0.05) is 30.5 Å². The van der Waals surface area contributed by atoms with E-state index in [2.05, 4.69) is 9.71 Å². The SMILES string of the molecule is O=S(=O)(NCCc1ccncc1)c1cn(S(=O)(=O)c2ccccc2)c2cccc(C(F)(F)F)c12. The molecule has 0 fully saturated rings. The van der Waals surface area contributed by atoms with E-state index in [1.165, 1.54) is 36.7 Å². The molecule has 178 valence electrons. The molecule has 0 saturated carbocycles. The zero-order valence-corrected chi connectivity index (χ0v) is 19.0. The van der Waals surface area contributed by atoms with E-state index >= 15 is 0 Å². The smallest absolute Gasteiger partial charge is 0.265 e. The van der Waals surface area contributed by atoms with Gasteiger partial charge in [0.15, 0.2) is 0 Å². The summed E-state index contributed by atoms with van der Waals surface area (Å²) >= 11 is 0. The second kappa shape index (κ2) is 8.85. The normalized spacial score (nSPS) is 12.8. The van der Waals surface area contributed by atoms with Crippen LogP contribution in [0.5, 0.6) is 0 Å². The fourth-order valence-corrected chi connectivity index (χ4v) is 6.23. The zero-order valence-electron chi connectivity index (χ0n) is 17.4. The Morgan fingerprint density at radius 1 is 0.882 bits per heavy atom. The van der Waals surface area contributed by atoms with Gasteiger partial charge in [0.1, 0.15) is 4.90 Å². The van der Waals surface area contributed by atoms with Crippen LogP contribution in [-0.2, 0) is 32.6 Å². The van der Waals surface area contributed by atoms with Crippen molar-refractivity contribution in [1.29, 1.82) is 0 Å². The van der Waals surface area contributed by atoms with Gasteiger partial charge < -0.3 is 0 Å². The van der Waals surface area contributed by atoms with Gasteiger partial charge in [-0.3, -0.25) is 4.98 Å². The highest BCUT2D eigenvalue weighted by Gasteiger charge is 2.37. The molecule has 0 bridgehead atoms. The average molecular weight is 510 g/mol. The highest BCUT2D eigenvalue weighted by Crippen LogP contribution is 2.39. The number of hydrogen-bond donors (Lipinski definition) is 1. The molecule has 0 unspecified atom stereocenters. The minimum Gasteiger partial charge on any atom is -0.265 e. The van der Waals surface area contributed by atoms with E-state index in [9.17, 15) is 30.0 Å². The van der Waals surface area contributed by atoms with Crippen molar-refractivity contribution in [3.05, 3.63) is 90.4 Å². The maximum absolute atomic E-state index is 13.8. The first kappa shape index (κ1) is 23.9. The lowest BCUT2D eigenvalue weighted by Crippen LogP contribution is -2.26. The lowest BCUT2D eigenvalue weighted by molar-refractivity contribution is -0.136. The van der Waals surface area contributed by atoms with Crippen LogP contribution < -0.4 is 4.72 Å². The van der Waals surface area contributed by atoms with Gasteiger partial charge in [-0.15, -0.1) is 0 Å². The lowest BCUT2D eigenvalue weighted by atomic mass is 10.1. The molecule has 0 aliphatic heterocycles. The summed E-state index contributed by atoms with van der Waals surface area (Å²) in [4.78, 5) is 2.89. The van der Waals surface area contributed by atoms with Gasteiger partial charge in [-0.2, -0.15) is 13.2 Å². The Balaban J connectivity index is 1.86. The maximum Gasteiger partial charge on any atom is 0.417 e. The largest absolute Gasteiger partial charge is 0.417 e. The molecule has 12 heteroatoms. The molecule has 2 aromatic carbocycles. The minimum atomic E-state index is -4.91. The van der Waals surface area contributed by atoms with Crippen LogP contribution in [0, 0.1) is 0 Å². The molecule has 34 heavy (non-hydrogen) atoms. The lowest BCUT2D eigenvalue weighted by Gasteiger charge is -2.11. The highest BCUT2D eigenvalue weighted by atomic mass is 32.2. The highest BCUT2D eigenvalue weighted by molar-refractivity contribution is 7.91. The van der Waals surface area contributed by atoms with Crippen LogP contribution in [0.2, 0.25) is 0 Å². The van der Waals surface area contributed by atoms with Gasteiger partial charge in [0.25, 0.3) is 10.0 Å². The minimum absolute atomic E-state index is 0.112. The summed E-state index contributed by atoms with van der Waals surface area (Å²) in [5.74, 6) is 0. The van der Waals surface area contributed by atoms with E-state index in [0.29, 0.717) is 3.97 Å². The van der Waals surface area contributed by atoms with Gasteiger partial charge in [-0.25, -0.2) is 25.5 Å². The van der Waals surface area contributed by atoms with Crippen molar-refractivity contribution in [3.8, 4) is 0 Å². The zero-order chi connectivity index (χ0) is 24.6. The summed E-state index contributed by atoms with van der Waals surface area (Å²) in [6.45, 7) is -0.112. The van der Waals surface area contributed by atoms with E-state index in [4.69, 9.17) is 0 Å². The third-order valence-corrected chi connectivity index (χ3v) is 8.27. The molecule has 4 aromatic rings. The van der Waals surface area contributed by atoms with Gasteiger partial charge >= 0.3 is 6.18 Å². The monoisotopic (exact) mass is 509 g/mol. The fraction of sp³-hybridized carbons (Fsp3) is 0.136. The molecule has 0 amide bonds. The molecule has 1 N–H and O–H groups in total. The first-order valence-electron chi connectivity index (χ1n) is 9.92. The number of hydrogen-bond acceptors (Lipinski definition) is 5. The summed E-state index contributed by atoms with van der Waals surface area (Å²) in [6.07, 6.45) is -0.877. The molecule has 0 aliphatic rings. The fourth-order valence-electron chi connectivity index (χ4n) is 3.53. The Morgan fingerprint density at radius 3 is 2.21 bits per heavy atom. The van der Waals surface area contributed by atoms with Crippen molar-refractivity contribution in [2.24, 2.45) is 0 Å². The van der Waals surface area contributed by atoms with Crippen LogP contribution in [0.25, 0.3) is 10.9 Å². The number of rotatable bonds is 7. The molecule has 2 aromatic heterocycles. The van der Waals surface area contributed by atoms with Crippen molar-refractivity contribution in [2.75, 3.05) is 6.54 Å². The first-order valence-corrected chi connectivity index (χ1v) is 12.8. The van der Waals surface area contributed by atoms with Gasteiger partial charge in [-0.05, 0) is 48.4 Å². The van der Waals surface area contributed by atoms with Crippen molar-refractivity contribution in [3.63, 3.8) is 0 Å². The third kappa shape index (κ3) is 4.56. The molecule has 0 radical (unpaired) electrons. The van der Waals surface area contributed by atoms with Crippen LogP contribution in [0.3, 0.4) is 0 Å². The summed E-state index contributed by atoms with van der Waals surface area (Å²) in [5, 5.41) is -0.717. The number of aromatic nitrogens is 2. The summed E-state index contributed by atoms with van der Waals surface area (Å²) in [5.41, 5.74) is -0.877. The van der Waals surface area contributed by atoms with Crippen molar-refractivity contribution in [1.82, 2.24) is 13.7 Å². The second-order valence-corrected chi connectivity index (χ2v) is 10.9. The molecule has 4 rings (SSSR count). The van der Waals surface area contributed by atoms with Gasteiger partial charge in [-0.1, -0.05) is 24.3 Å². The van der Waals surface area contributed by atoms with Crippen LogP contribution in [0.4, 0.5) is 13.2 Å². The van der Waals surface area contributed by atoms with Crippen molar-refractivity contribution in [2.45, 2.75) is 22.4 Å². The Morgan fingerprint density at radius 2 is 1.56 bits per heavy atom. The van der Waals surface area contributed by atoms with E-state index in [-0.39, 0.29) is 17.9 Å². The summed E-state index contributed by atoms with van der Waals surface area (Å²) in [6, 6.07) is 13.3. The second-order valence-electron chi connectivity index (χ2n) is 7.31. The quantitative estimate of drug-likeness (QED) is 0.409. The van der Waals surface area contributed by atoms with E-state index < -0.39 is 47.6 Å². The number of halogens is 3.